The molecule has 2 aromatic heterocycles. The van der Waals surface area contributed by atoms with E-state index < -0.39 is 11.2 Å². The summed E-state index contributed by atoms with van der Waals surface area (Å²) in [4.78, 5) is 48.9. The minimum Gasteiger partial charge on any atom is -0.349 e. The summed E-state index contributed by atoms with van der Waals surface area (Å²) in [6.45, 7) is 0. The smallest absolute Gasteiger partial charge is 0.325 e. The lowest BCUT2D eigenvalue weighted by Crippen LogP contribution is -2.34. The first kappa shape index (κ1) is 17.8. The number of aromatic amines is 2. The van der Waals surface area contributed by atoms with Crippen LogP contribution < -0.4 is 16.6 Å². The van der Waals surface area contributed by atoms with Gasteiger partial charge in [0.15, 0.2) is 5.82 Å². The first-order valence-electron chi connectivity index (χ1n) is 9.11. The number of nitrogens with zero attached hydrogens (tertiary/aromatic N) is 2. The van der Waals surface area contributed by atoms with Crippen molar-refractivity contribution < 1.29 is 4.79 Å². The maximum Gasteiger partial charge on any atom is 0.325 e. The molecule has 1 aliphatic rings. The molecule has 0 bridgehead atoms. The molecule has 0 saturated heterocycles. The van der Waals surface area contributed by atoms with Crippen molar-refractivity contribution in [1.82, 2.24) is 25.3 Å². The van der Waals surface area contributed by atoms with E-state index in [0.717, 1.165) is 36.1 Å². The van der Waals surface area contributed by atoms with Crippen molar-refractivity contribution in [1.29, 1.82) is 0 Å². The number of aryl methyl sites for hydroxylation is 1. The summed E-state index contributed by atoms with van der Waals surface area (Å²) in [5.41, 5.74) is 1.86. The maximum absolute atomic E-state index is 12.4. The highest BCUT2D eigenvalue weighted by atomic mass is 16.2. The SMILES string of the molecule is O=C(Cc1c[nH]c(=O)[nH]c1=O)N[C@@H]1CCCc2nc(-c3ccccc3)ncc21. The number of carbonyl (C=O) groups excluding carboxylic acids is 1. The Morgan fingerprint density at radius 1 is 1.21 bits per heavy atom. The van der Waals surface area contributed by atoms with Crippen LogP contribution in [-0.2, 0) is 17.6 Å². The fourth-order valence-electron chi connectivity index (χ4n) is 3.41. The Kier molecular flexibility index (Phi) is 4.84. The van der Waals surface area contributed by atoms with Crippen LogP contribution in [0.25, 0.3) is 11.4 Å². The number of fused-ring (bicyclic) bond motifs is 1. The average molecular weight is 377 g/mol. The van der Waals surface area contributed by atoms with Crippen LogP contribution in [0.15, 0.2) is 52.3 Å². The molecule has 8 nitrogen and oxygen atoms in total. The van der Waals surface area contributed by atoms with Crippen molar-refractivity contribution in [3.8, 4) is 11.4 Å². The number of H-pyrrole nitrogens is 2. The minimum atomic E-state index is -0.596. The maximum atomic E-state index is 12.4. The molecule has 0 spiro atoms. The minimum absolute atomic E-state index is 0.110. The number of rotatable bonds is 4. The Hall–Kier alpha value is -3.55. The molecule has 1 amide bonds. The van der Waals surface area contributed by atoms with E-state index in [0.29, 0.717) is 5.82 Å². The van der Waals surface area contributed by atoms with Crippen molar-refractivity contribution in [3.05, 3.63) is 80.4 Å². The summed E-state index contributed by atoms with van der Waals surface area (Å²) in [6, 6.07) is 9.57. The first-order chi connectivity index (χ1) is 13.6. The summed E-state index contributed by atoms with van der Waals surface area (Å²) in [5, 5.41) is 2.96. The lowest BCUT2D eigenvalue weighted by atomic mass is 9.92. The molecule has 0 saturated carbocycles. The van der Waals surface area contributed by atoms with Crippen molar-refractivity contribution in [2.45, 2.75) is 31.7 Å². The van der Waals surface area contributed by atoms with Gasteiger partial charge >= 0.3 is 5.69 Å². The Bertz CT molecular complexity index is 1120. The van der Waals surface area contributed by atoms with E-state index >= 15 is 0 Å². The molecule has 3 N–H and O–H groups in total. The van der Waals surface area contributed by atoms with E-state index in [4.69, 9.17) is 4.98 Å². The van der Waals surface area contributed by atoms with Gasteiger partial charge in [0.25, 0.3) is 5.56 Å². The lowest BCUT2D eigenvalue weighted by Gasteiger charge is -2.25. The fraction of sp³-hybridized carbons (Fsp3) is 0.250. The largest absolute Gasteiger partial charge is 0.349 e. The van der Waals surface area contributed by atoms with Crippen LogP contribution in [0.3, 0.4) is 0 Å². The molecule has 142 valence electrons. The van der Waals surface area contributed by atoms with Gasteiger partial charge in [0.2, 0.25) is 5.91 Å². The average Bonchev–Trinajstić information content (AvgIpc) is 2.71. The monoisotopic (exact) mass is 377 g/mol. The molecule has 4 rings (SSSR count). The zero-order valence-electron chi connectivity index (χ0n) is 15.1. The topological polar surface area (TPSA) is 121 Å². The number of hydrogen-bond donors (Lipinski definition) is 3. The molecule has 0 radical (unpaired) electrons. The number of amides is 1. The van der Waals surface area contributed by atoms with Gasteiger partial charge in [-0.1, -0.05) is 30.3 Å². The van der Waals surface area contributed by atoms with E-state index in [1.54, 1.807) is 6.20 Å². The third-order valence-corrected chi connectivity index (χ3v) is 4.80. The lowest BCUT2D eigenvalue weighted by molar-refractivity contribution is -0.121. The first-order valence-corrected chi connectivity index (χ1v) is 9.11. The molecule has 2 heterocycles. The van der Waals surface area contributed by atoms with E-state index in [-0.39, 0.29) is 23.9 Å². The predicted molar refractivity (Wildman–Crippen MR) is 103 cm³/mol. The second-order valence-corrected chi connectivity index (χ2v) is 6.75. The van der Waals surface area contributed by atoms with Gasteiger partial charge in [-0.05, 0) is 19.3 Å². The van der Waals surface area contributed by atoms with Crippen molar-refractivity contribution in [3.63, 3.8) is 0 Å². The summed E-state index contributed by atoms with van der Waals surface area (Å²) in [7, 11) is 0. The van der Waals surface area contributed by atoms with Crippen molar-refractivity contribution >= 4 is 5.91 Å². The number of benzene rings is 1. The standard InChI is InChI=1S/C20H19N5O3/c26-17(9-13-10-22-20(28)25-19(13)27)23-15-7-4-8-16-14(15)11-21-18(24-16)12-5-2-1-3-6-12/h1-3,5-6,10-11,15H,4,7-9H2,(H,23,26)(H2,22,25,27,28)/t15-/m1/s1. The van der Waals surface area contributed by atoms with E-state index in [2.05, 4.69) is 20.3 Å². The van der Waals surface area contributed by atoms with Gasteiger partial charge in [0, 0.05) is 34.8 Å². The Balaban J connectivity index is 1.52. The summed E-state index contributed by atoms with van der Waals surface area (Å²) >= 11 is 0. The van der Waals surface area contributed by atoms with Crippen LogP contribution in [0.1, 0.15) is 35.7 Å². The van der Waals surface area contributed by atoms with E-state index in [1.165, 1.54) is 6.20 Å². The predicted octanol–water partition coefficient (Wildman–Crippen LogP) is 1.26. The van der Waals surface area contributed by atoms with Gasteiger partial charge in [-0.3, -0.25) is 14.6 Å². The Labute approximate surface area is 160 Å². The summed E-state index contributed by atoms with van der Waals surface area (Å²) in [6.07, 6.45) is 5.47. The second-order valence-electron chi connectivity index (χ2n) is 6.75. The van der Waals surface area contributed by atoms with Gasteiger partial charge in [-0.15, -0.1) is 0 Å². The van der Waals surface area contributed by atoms with Gasteiger partial charge in [-0.25, -0.2) is 14.8 Å². The molecule has 3 aromatic rings. The van der Waals surface area contributed by atoms with Crippen LogP contribution in [0.2, 0.25) is 0 Å². The summed E-state index contributed by atoms with van der Waals surface area (Å²) < 4.78 is 0. The second kappa shape index (κ2) is 7.59. The summed E-state index contributed by atoms with van der Waals surface area (Å²) in [5.74, 6) is 0.383. The molecular formula is C20H19N5O3. The van der Waals surface area contributed by atoms with Gasteiger partial charge in [-0.2, -0.15) is 0 Å². The molecule has 0 aliphatic heterocycles. The van der Waals surface area contributed by atoms with Crippen LogP contribution in [-0.4, -0.2) is 25.8 Å². The zero-order chi connectivity index (χ0) is 19.5. The molecule has 1 aliphatic carbocycles. The molecular weight excluding hydrogens is 358 g/mol. The molecule has 1 aromatic carbocycles. The number of aromatic nitrogens is 4. The molecule has 0 fully saturated rings. The van der Waals surface area contributed by atoms with Crippen molar-refractivity contribution in [2.24, 2.45) is 0 Å². The third kappa shape index (κ3) is 3.75. The van der Waals surface area contributed by atoms with Gasteiger partial charge < -0.3 is 10.3 Å². The number of carbonyl (C=O) groups is 1. The van der Waals surface area contributed by atoms with E-state index in [1.807, 2.05) is 30.3 Å². The highest BCUT2D eigenvalue weighted by molar-refractivity contribution is 5.79. The molecule has 0 unspecified atom stereocenters. The normalized spacial score (nSPS) is 15.6. The molecule has 1 atom stereocenters. The zero-order valence-corrected chi connectivity index (χ0v) is 15.1. The number of nitrogens with one attached hydrogen (secondary N) is 3. The van der Waals surface area contributed by atoms with Crippen LogP contribution in [0.4, 0.5) is 0 Å². The Morgan fingerprint density at radius 3 is 2.82 bits per heavy atom. The van der Waals surface area contributed by atoms with Crippen LogP contribution >= 0.6 is 0 Å². The third-order valence-electron chi connectivity index (χ3n) is 4.80. The Morgan fingerprint density at radius 2 is 2.04 bits per heavy atom. The molecule has 28 heavy (non-hydrogen) atoms. The fourth-order valence-corrected chi connectivity index (χ4v) is 3.41. The number of hydrogen-bond acceptors (Lipinski definition) is 5. The van der Waals surface area contributed by atoms with Gasteiger partial charge in [0.05, 0.1) is 12.5 Å². The van der Waals surface area contributed by atoms with E-state index in [9.17, 15) is 14.4 Å². The van der Waals surface area contributed by atoms with Crippen molar-refractivity contribution in [2.75, 3.05) is 0 Å². The quantitative estimate of drug-likeness (QED) is 0.632. The highest BCUT2D eigenvalue weighted by Gasteiger charge is 2.24. The van der Waals surface area contributed by atoms with Crippen LogP contribution in [0, 0.1) is 0 Å². The molecule has 8 heteroatoms. The van der Waals surface area contributed by atoms with Gasteiger partial charge in [0.1, 0.15) is 0 Å². The highest BCUT2D eigenvalue weighted by Crippen LogP contribution is 2.29. The van der Waals surface area contributed by atoms with Crippen LogP contribution in [0.5, 0.6) is 0 Å².